The van der Waals surface area contributed by atoms with Crippen molar-refractivity contribution in [3.05, 3.63) is 29.8 Å². The number of benzene rings is 1. The van der Waals surface area contributed by atoms with Gasteiger partial charge in [-0.25, -0.2) is 0 Å². The molecule has 1 rings (SSSR count). The Hall–Kier alpha value is -0.870. The molecule has 1 aromatic carbocycles. The van der Waals surface area contributed by atoms with Gasteiger partial charge in [0.2, 0.25) is 0 Å². The third-order valence-electron chi connectivity index (χ3n) is 3.42. The molecule has 1 atom stereocenters. The van der Waals surface area contributed by atoms with Crippen LogP contribution in [0, 0.1) is 5.92 Å². The lowest BCUT2D eigenvalue weighted by Gasteiger charge is -2.17. The van der Waals surface area contributed by atoms with Crippen LogP contribution in [-0.2, 0) is 16.5 Å². The molecular formula is C15H24O3S. The van der Waals surface area contributed by atoms with Crippen molar-refractivity contribution in [2.75, 3.05) is 0 Å². The second-order valence-electron chi connectivity index (χ2n) is 5.08. The minimum Gasteiger partial charge on any atom is -0.282 e. The highest BCUT2D eigenvalue weighted by molar-refractivity contribution is 7.85. The van der Waals surface area contributed by atoms with Gasteiger partial charge >= 0.3 is 0 Å². The molecule has 0 heterocycles. The van der Waals surface area contributed by atoms with Crippen molar-refractivity contribution in [2.45, 2.75) is 57.3 Å². The Morgan fingerprint density at radius 3 is 2.37 bits per heavy atom. The number of unbranched alkanes of at least 4 members (excludes halogenated alkanes) is 1. The maximum absolute atomic E-state index is 11.4. The highest BCUT2D eigenvalue weighted by Crippen LogP contribution is 2.24. The molecular weight excluding hydrogens is 260 g/mol. The summed E-state index contributed by atoms with van der Waals surface area (Å²) in [5, 5.41) is 0. The average Bonchev–Trinajstić information content (AvgIpc) is 2.35. The monoisotopic (exact) mass is 284 g/mol. The second kappa shape index (κ2) is 7.65. The van der Waals surface area contributed by atoms with Gasteiger partial charge in [0.25, 0.3) is 10.1 Å². The van der Waals surface area contributed by atoms with Crippen LogP contribution in [0.4, 0.5) is 0 Å². The average molecular weight is 284 g/mol. The van der Waals surface area contributed by atoms with Gasteiger partial charge in [-0.15, -0.1) is 0 Å². The predicted molar refractivity (Wildman–Crippen MR) is 77.9 cm³/mol. The second-order valence-corrected chi connectivity index (χ2v) is 6.47. The molecule has 1 unspecified atom stereocenters. The predicted octanol–water partition coefficient (Wildman–Crippen LogP) is 4.08. The zero-order chi connectivity index (χ0) is 14.3. The van der Waals surface area contributed by atoms with Gasteiger partial charge in [0, 0.05) is 0 Å². The Kier molecular flexibility index (Phi) is 6.52. The molecule has 1 aromatic rings. The summed E-state index contributed by atoms with van der Waals surface area (Å²) in [7, 11) is -4.11. The maximum Gasteiger partial charge on any atom is 0.294 e. The minimum atomic E-state index is -4.11. The van der Waals surface area contributed by atoms with E-state index >= 15 is 0 Å². The van der Waals surface area contributed by atoms with E-state index in [1.54, 1.807) is 12.1 Å². The summed E-state index contributed by atoms with van der Waals surface area (Å²) in [6.45, 7) is 4.31. The third-order valence-corrected chi connectivity index (χ3v) is 4.38. The zero-order valence-electron chi connectivity index (χ0n) is 11.8. The topological polar surface area (TPSA) is 54.4 Å². The van der Waals surface area contributed by atoms with Gasteiger partial charge in [-0.2, -0.15) is 8.42 Å². The van der Waals surface area contributed by atoms with Crippen LogP contribution in [-0.4, -0.2) is 13.0 Å². The van der Waals surface area contributed by atoms with Crippen LogP contribution in [0.2, 0.25) is 0 Å². The number of hydrogen-bond acceptors (Lipinski definition) is 2. The molecule has 0 aliphatic rings. The van der Waals surface area contributed by atoms with Gasteiger partial charge in [-0.1, -0.05) is 64.2 Å². The highest BCUT2D eigenvalue weighted by atomic mass is 32.2. The third kappa shape index (κ3) is 5.33. The quantitative estimate of drug-likeness (QED) is 0.732. The molecule has 0 saturated carbocycles. The number of rotatable bonds is 8. The van der Waals surface area contributed by atoms with Gasteiger partial charge in [-0.3, -0.25) is 4.55 Å². The van der Waals surface area contributed by atoms with E-state index in [0.29, 0.717) is 5.92 Å². The van der Waals surface area contributed by atoms with Crippen molar-refractivity contribution in [1.82, 2.24) is 0 Å². The van der Waals surface area contributed by atoms with Crippen LogP contribution >= 0.6 is 0 Å². The molecule has 3 nitrogen and oxygen atoms in total. The lowest BCUT2D eigenvalue weighted by Crippen LogP contribution is -2.09. The van der Waals surface area contributed by atoms with E-state index in [2.05, 4.69) is 13.8 Å². The Balaban J connectivity index is 2.90. The van der Waals surface area contributed by atoms with Gasteiger partial charge in [-0.05, 0) is 24.0 Å². The summed E-state index contributed by atoms with van der Waals surface area (Å²) >= 11 is 0. The van der Waals surface area contributed by atoms with E-state index in [0.717, 1.165) is 37.7 Å². The molecule has 0 aliphatic heterocycles. The molecule has 0 bridgehead atoms. The molecule has 4 heteroatoms. The van der Waals surface area contributed by atoms with Crippen molar-refractivity contribution in [3.63, 3.8) is 0 Å². The van der Waals surface area contributed by atoms with Crippen LogP contribution in [0.3, 0.4) is 0 Å². The molecule has 0 radical (unpaired) electrons. The Labute approximate surface area is 116 Å². The first-order valence-corrected chi connectivity index (χ1v) is 8.48. The molecule has 0 spiro atoms. The van der Waals surface area contributed by atoms with E-state index in [1.807, 2.05) is 6.07 Å². The summed E-state index contributed by atoms with van der Waals surface area (Å²) in [6, 6.07) is 6.76. The first kappa shape index (κ1) is 16.2. The van der Waals surface area contributed by atoms with Gasteiger partial charge < -0.3 is 0 Å². The van der Waals surface area contributed by atoms with Crippen molar-refractivity contribution < 1.29 is 13.0 Å². The number of hydrogen-bond donors (Lipinski definition) is 1. The standard InChI is InChI=1S/C15H24O3S/c1-3-5-9-13(8-4-2)12-14-10-6-7-11-15(14)19(16,17)18/h6-7,10-11,13H,3-5,8-9,12H2,1-2H3,(H,16,17,18). The van der Waals surface area contributed by atoms with Crippen molar-refractivity contribution in [3.8, 4) is 0 Å². The van der Waals surface area contributed by atoms with E-state index in [-0.39, 0.29) is 4.90 Å². The Morgan fingerprint density at radius 1 is 1.11 bits per heavy atom. The van der Waals surface area contributed by atoms with E-state index < -0.39 is 10.1 Å². The molecule has 0 aliphatic carbocycles. The lowest BCUT2D eigenvalue weighted by molar-refractivity contribution is 0.423. The molecule has 108 valence electrons. The molecule has 19 heavy (non-hydrogen) atoms. The van der Waals surface area contributed by atoms with E-state index in [1.165, 1.54) is 12.5 Å². The summed E-state index contributed by atoms with van der Waals surface area (Å²) in [4.78, 5) is 0.0626. The SMILES string of the molecule is CCCCC(CCC)Cc1ccccc1S(=O)(=O)O. The Bertz CT molecular complexity index is 480. The van der Waals surface area contributed by atoms with Crippen LogP contribution in [0.1, 0.15) is 51.5 Å². The van der Waals surface area contributed by atoms with Crippen molar-refractivity contribution >= 4 is 10.1 Å². The van der Waals surface area contributed by atoms with Gasteiger partial charge in [0.05, 0.1) is 4.90 Å². The molecule has 0 aromatic heterocycles. The van der Waals surface area contributed by atoms with Crippen LogP contribution in [0.15, 0.2) is 29.2 Å². The Morgan fingerprint density at radius 2 is 1.79 bits per heavy atom. The lowest BCUT2D eigenvalue weighted by atomic mass is 9.90. The molecule has 0 amide bonds. The summed E-state index contributed by atoms with van der Waals surface area (Å²) in [5.74, 6) is 0.493. The first-order valence-electron chi connectivity index (χ1n) is 7.04. The molecule has 0 fully saturated rings. The highest BCUT2D eigenvalue weighted by Gasteiger charge is 2.17. The van der Waals surface area contributed by atoms with Crippen LogP contribution < -0.4 is 0 Å². The summed E-state index contributed by atoms with van der Waals surface area (Å²) in [6.07, 6.45) is 6.36. The fraction of sp³-hybridized carbons (Fsp3) is 0.600. The fourth-order valence-corrected chi connectivity index (χ4v) is 3.22. The maximum atomic E-state index is 11.4. The zero-order valence-corrected chi connectivity index (χ0v) is 12.6. The van der Waals surface area contributed by atoms with E-state index in [9.17, 15) is 13.0 Å². The first-order chi connectivity index (χ1) is 8.99. The minimum absolute atomic E-state index is 0.0626. The fourth-order valence-electron chi connectivity index (χ4n) is 2.48. The van der Waals surface area contributed by atoms with Crippen molar-refractivity contribution in [1.29, 1.82) is 0 Å². The van der Waals surface area contributed by atoms with Gasteiger partial charge in [0.15, 0.2) is 0 Å². The van der Waals surface area contributed by atoms with Crippen LogP contribution in [0.5, 0.6) is 0 Å². The molecule has 1 N–H and O–H groups in total. The smallest absolute Gasteiger partial charge is 0.282 e. The van der Waals surface area contributed by atoms with Gasteiger partial charge in [0.1, 0.15) is 0 Å². The summed E-state index contributed by atoms with van der Waals surface area (Å²) < 4.78 is 32.0. The molecule has 0 saturated heterocycles. The largest absolute Gasteiger partial charge is 0.294 e. The van der Waals surface area contributed by atoms with E-state index in [4.69, 9.17) is 0 Å². The van der Waals surface area contributed by atoms with Crippen molar-refractivity contribution in [2.24, 2.45) is 5.92 Å². The summed E-state index contributed by atoms with van der Waals surface area (Å²) in [5.41, 5.74) is 0.736. The van der Waals surface area contributed by atoms with Crippen LogP contribution in [0.25, 0.3) is 0 Å². The normalized spacial score (nSPS) is 13.4.